The van der Waals surface area contributed by atoms with Crippen molar-refractivity contribution in [2.24, 2.45) is 0 Å². The monoisotopic (exact) mass is 215 g/mol. The molecule has 0 aliphatic heterocycles. The molecule has 1 aromatic carbocycles. The largest absolute Gasteiger partial charge is 0.290 e. The van der Waals surface area contributed by atoms with Gasteiger partial charge in [-0.2, -0.15) is 0 Å². The molecule has 0 amide bonds. The average molecular weight is 215 g/mol. The average Bonchev–Trinajstić information content (AvgIpc) is 2.55. The third kappa shape index (κ3) is 1.15. The van der Waals surface area contributed by atoms with Crippen molar-refractivity contribution in [1.82, 2.24) is 0 Å². The number of nitro groups is 1. The standard InChI is InChI=1S/C8H3F2NO2S/c9-4-1-2-6-7(8(4)10)5(3-14-6)11(12)13/h1-3H. The summed E-state index contributed by atoms with van der Waals surface area (Å²) >= 11 is 1.02. The van der Waals surface area contributed by atoms with E-state index >= 15 is 0 Å². The number of halogens is 2. The van der Waals surface area contributed by atoms with Crippen molar-refractivity contribution in [2.45, 2.75) is 0 Å². The van der Waals surface area contributed by atoms with Crippen LogP contribution >= 0.6 is 11.3 Å². The van der Waals surface area contributed by atoms with E-state index in [0.717, 1.165) is 17.4 Å². The Hall–Kier alpha value is -1.56. The Morgan fingerprint density at radius 1 is 1.36 bits per heavy atom. The molecular formula is C8H3F2NO2S. The predicted molar refractivity (Wildman–Crippen MR) is 48.4 cm³/mol. The van der Waals surface area contributed by atoms with E-state index in [0.29, 0.717) is 4.70 Å². The molecule has 0 fully saturated rings. The molecule has 0 radical (unpaired) electrons. The molecule has 1 heterocycles. The number of rotatable bonds is 1. The second-order valence-corrected chi connectivity index (χ2v) is 3.52. The SMILES string of the molecule is O=[N+]([O-])c1csc2ccc(F)c(F)c12. The minimum Gasteiger partial charge on any atom is -0.258 e. The molecule has 0 saturated carbocycles. The van der Waals surface area contributed by atoms with Crippen LogP contribution in [0.25, 0.3) is 10.1 Å². The molecule has 6 heteroatoms. The van der Waals surface area contributed by atoms with Crippen molar-refractivity contribution in [3.05, 3.63) is 39.3 Å². The Bertz CT molecular complexity index is 523. The minimum atomic E-state index is -1.16. The second-order valence-electron chi connectivity index (χ2n) is 2.61. The maximum absolute atomic E-state index is 13.2. The zero-order valence-electron chi connectivity index (χ0n) is 6.66. The van der Waals surface area contributed by atoms with Gasteiger partial charge in [0.05, 0.1) is 10.3 Å². The summed E-state index contributed by atoms with van der Waals surface area (Å²) in [4.78, 5) is 9.74. The number of hydrogen-bond acceptors (Lipinski definition) is 3. The van der Waals surface area contributed by atoms with E-state index in [1.807, 2.05) is 0 Å². The van der Waals surface area contributed by atoms with Gasteiger partial charge in [-0.15, -0.1) is 11.3 Å². The van der Waals surface area contributed by atoms with Crippen LogP contribution in [-0.2, 0) is 0 Å². The van der Waals surface area contributed by atoms with E-state index in [-0.39, 0.29) is 11.1 Å². The van der Waals surface area contributed by atoms with Crippen LogP contribution in [0.4, 0.5) is 14.5 Å². The third-order valence-electron chi connectivity index (χ3n) is 1.81. The van der Waals surface area contributed by atoms with E-state index in [4.69, 9.17) is 0 Å². The predicted octanol–water partition coefficient (Wildman–Crippen LogP) is 3.09. The molecule has 14 heavy (non-hydrogen) atoms. The van der Waals surface area contributed by atoms with Crippen LogP contribution in [0.5, 0.6) is 0 Å². The molecular weight excluding hydrogens is 212 g/mol. The van der Waals surface area contributed by atoms with Gasteiger partial charge in [-0.25, -0.2) is 8.78 Å². The van der Waals surface area contributed by atoms with E-state index in [1.165, 1.54) is 11.4 Å². The molecule has 2 aromatic rings. The lowest BCUT2D eigenvalue weighted by atomic mass is 10.2. The van der Waals surface area contributed by atoms with Gasteiger partial charge in [-0.3, -0.25) is 10.1 Å². The van der Waals surface area contributed by atoms with Crippen LogP contribution in [0.2, 0.25) is 0 Å². The van der Waals surface area contributed by atoms with E-state index in [1.54, 1.807) is 0 Å². The lowest BCUT2D eigenvalue weighted by molar-refractivity contribution is -0.382. The number of nitrogens with zero attached hydrogens (tertiary/aromatic N) is 1. The molecule has 2 rings (SSSR count). The Balaban J connectivity index is 2.89. The van der Waals surface area contributed by atoms with Crippen LogP contribution in [0.3, 0.4) is 0 Å². The Kier molecular flexibility index (Phi) is 1.92. The first-order valence-corrected chi connectivity index (χ1v) is 4.49. The summed E-state index contributed by atoms with van der Waals surface area (Å²) in [6.07, 6.45) is 0. The van der Waals surface area contributed by atoms with Gasteiger partial charge in [0.15, 0.2) is 11.6 Å². The maximum Gasteiger partial charge on any atom is 0.290 e. The number of fused-ring (bicyclic) bond motifs is 1. The van der Waals surface area contributed by atoms with Gasteiger partial charge in [0.25, 0.3) is 5.69 Å². The lowest BCUT2D eigenvalue weighted by Gasteiger charge is -1.93. The molecule has 0 unspecified atom stereocenters. The zero-order chi connectivity index (χ0) is 10.3. The molecule has 0 bridgehead atoms. The van der Waals surface area contributed by atoms with Crippen molar-refractivity contribution < 1.29 is 13.7 Å². The first-order valence-electron chi connectivity index (χ1n) is 3.61. The summed E-state index contributed by atoms with van der Waals surface area (Å²) in [6, 6.07) is 2.28. The molecule has 0 atom stereocenters. The van der Waals surface area contributed by atoms with Crippen LogP contribution in [-0.4, -0.2) is 4.92 Å². The molecule has 0 saturated heterocycles. The fraction of sp³-hybridized carbons (Fsp3) is 0. The fourth-order valence-corrected chi connectivity index (χ4v) is 2.08. The van der Waals surface area contributed by atoms with Crippen LogP contribution in [0.1, 0.15) is 0 Å². The zero-order valence-corrected chi connectivity index (χ0v) is 7.48. The Labute approximate surface area is 80.7 Å². The molecule has 72 valence electrons. The molecule has 0 aliphatic rings. The highest BCUT2D eigenvalue weighted by molar-refractivity contribution is 7.17. The first-order chi connectivity index (χ1) is 6.61. The van der Waals surface area contributed by atoms with Crippen molar-refractivity contribution in [3.63, 3.8) is 0 Å². The first kappa shape index (κ1) is 9.01. The summed E-state index contributed by atoms with van der Waals surface area (Å²) in [5.74, 6) is -2.23. The summed E-state index contributed by atoms with van der Waals surface area (Å²) in [5.41, 5.74) is -0.387. The number of hydrogen-bond donors (Lipinski definition) is 0. The van der Waals surface area contributed by atoms with E-state index in [2.05, 4.69) is 0 Å². The summed E-state index contributed by atoms with van der Waals surface area (Å²) < 4.78 is 26.3. The normalized spacial score (nSPS) is 10.7. The minimum absolute atomic E-state index is 0.250. The number of benzene rings is 1. The summed E-state index contributed by atoms with van der Waals surface area (Å²) in [7, 11) is 0. The van der Waals surface area contributed by atoms with Crippen LogP contribution in [0.15, 0.2) is 17.5 Å². The van der Waals surface area contributed by atoms with Gasteiger partial charge < -0.3 is 0 Å². The van der Waals surface area contributed by atoms with Gasteiger partial charge in [-0.1, -0.05) is 0 Å². The summed E-state index contributed by atoms with van der Waals surface area (Å²) in [6.45, 7) is 0. The van der Waals surface area contributed by atoms with Gasteiger partial charge in [0.1, 0.15) is 5.39 Å². The molecule has 0 N–H and O–H groups in total. The van der Waals surface area contributed by atoms with Gasteiger partial charge >= 0.3 is 0 Å². The van der Waals surface area contributed by atoms with Crippen molar-refractivity contribution in [2.75, 3.05) is 0 Å². The van der Waals surface area contributed by atoms with Crippen molar-refractivity contribution in [1.29, 1.82) is 0 Å². The molecule has 1 aromatic heterocycles. The molecule has 3 nitrogen and oxygen atoms in total. The van der Waals surface area contributed by atoms with E-state index in [9.17, 15) is 18.9 Å². The highest BCUT2D eigenvalue weighted by Crippen LogP contribution is 2.34. The van der Waals surface area contributed by atoms with Gasteiger partial charge in [0.2, 0.25) is 0 Å². The number of thiophene rings is 1. The third-order valence-corrected chi connectivity index (χ3v) is 2.74. The van der Waals surface area contributed by atoms with Crippen LogP contribution in [0, 0.1) is 21.7 Å². The van der Waals surface area contributed by atoms with Crippen molar-refractivity contribution >= 4 is 27.1 Å². The topological polar surface area (TPSA) is 43.1 Å². The molecule has 0 spiro atoms. The van der Waals surface area contributed by atoms with Gasteiger partial charge in [0, 0.05) is 4.70 Å². The van der Waals surface area contributed by atoms with Crippen LogP contribution < -0.4 is 0 Å². The van der Waals surface area contributed by atoms with Gasteiger partial charge in [-0.05, 0) is 12.1 Å². The summed E-state index contributed by atoms with van der Waals surface area (Å²) in [5, 5.41) is 11.4. The Morgan fingerprint density at radius 2 is 2.07 bits per heavy atom. The molecule has 0 aliphatic carbocycles. The lowest BCUT2D eigenvalue weighted by Crippen LogP contribution is -1.89. The quantitative estimate of drug-likeness (QED) is 0.542. The fourth-order valence-electron chi connectivity index (χ4n) is 1.18. The highest BCUT2D eigenvalue weighted by atomic mass is 32.1. The van der Waals surface area contributed by atoms with Crippen molar-refractivity contribution in [3.8, 4) is 0 Å². The highest BCUT2D eigenvalue weighted by Gasteiger charge is 2.20. The smallest absolute Gasteiger partial charge is 0.258 e. The second kappa shape index (κ2) is 2.98. The Morgan fingerprint density at radius 3 is 2.71 bits per heavy atom. The maximum atomic E-state index is 13.2. The van der Waals surface area contributed by atoms with E-state index < -0.39 is 16.6 Å².